The number of rotatable bonds is 3. The molecule has 0 radical (unpaired) electrons. The lowest BCUT2D eigenvalue weighted by Gasteiger charge is -2.35. The van der Waals surface area contributed by atoms with Gasteiger partial charge in [-0.2, -0.15) is 4.31 Å². The molecule has 4 rings (SSSR count). The molecule has 0 N–H and O–H groups in total. The van der Waals surface area contributed by atoms with E-state index < -0.39 is 10.0 Å². The van der Waals surface area contributed by atoms with Gasteiger partial charge in [-0.15, -0.1) is 0 Å². The smallest absolute Gasteiger partial charge is 0.261 e. The molecule has 1 saturated heterocycles. The van der Waals surface area contributed by atoms with Crippen LogP contribution >= 0.6 is 0 Å². The zero-order chi connectivity index (χ0) is 19.2. The summed E-state index contributed by atoms with van der Waals surface area (Å²) in [6.07, 6.45) is 0.882. The van der Waals surface area contributed by atoms with E-state index in [9.17, 15) is 18.0 Å². The average molecular weight is 384 g/mol. The summed E-state index contributed by atoms with van der Waals surface area (Å²) in [5.41, 5.74) is 1.56. The van der Waals surface area contributed by atoms with E-state index in [1.54, 1.807) is 49.4 Å². The van der Waals surface area contributed by atoms with Gasteiger partial charge in [-0.3, -0.25) is 14.5 Å². The Labute approximate surface area is 158 Å². The number of aryl methyl sites for hydroxylation is 1. The number of amides is 2. The Morgan fingerprint density at radius 3 is 1.93 bits per heavy atom. The molecule has 1 fully saturated rings. The van der Waals surface area contributed by atoms with Gasteiger partial charge in [-0.25, -0.2) is 8.42 Å². The number of imide groups is 1. The van der Waals surface area contributed by atoms with E-state index in [-0.39, 0.29) is 30.9 Å². The first-order valence-electron chi connectivity index (χ1n) is 8.94. The van der Waals surface area contributed by atoms with Crippen molar-refractivity contribution in [3.05, 3.63) is 65.2 Å². The van der Waals surface area contributed by atoms with Crippen LogP contribution in [0.5, 0.6) is 0 Å². The molecule has 140 valence electrons. The molecule has 27 heavy (non-hydrogen) atoms. The Balaban J connectivity index is 1.51. The molecule has 2 aromatic rings. The Hall–Kier alpha value is -2.51. The monoisotopic (exact) mass is 384 g/mol. The summed E-state index contributed by atoms with van der Waals surface area (Å²) in [7, 11) is -3.58. The van der Waals surface area contributed by atoms with Crippen molar-refractivity contribution >= 4 is 21.8 Å². The molecule has 0 atom stereocenters. The van der Waals surface area contributed by atoms with E-state index in [1.807, 2.05) is 6.07 Å². The van der Waals surface area contributed by atoms with Crippen LogP contribution < -0.4 is 0 Å². The van der Waals surface area contributed by atoms with Crippen LogP contribution in [0.15, 0.2) is 53.4 Å². The lowest BCUT2D eigenvalue weighted by Crippen LogP contribution is -2.48. The van der Waals surface area contributed by atoms with Crippen molar-refractivity contribution in [3.63, 3.8) is 0 Å². The fourth-order valence-corrected chi connectivity index (χ4v) is 5.56. The average Bonchev–Trinajstić information content (AvgIpc) is 2.93. The predicted octanol–water partition coefficient (Wildman–Crippen LogP) is 2.44. The first-order chi connectivity index (χ1) is 12.9. The van der Waals surface area contributed by atoms with Crippen molar-refractivity contribution in [2.75, 3.05) is 13.1 Å². The Bertz CT molecular complexity index is 989. The van der Waals surface area contributed by atoms with E-state index in [2.05, 4.69) is 0 Å². The molecule has 7 heteroatoms. The number of fused-ring (bicyclic) bond motifs is 1. The second-order valence-corrected chi connectivity index (χ2v) is 8.83. The molecular formula is C20H20N2O4S. The minimum Gasteiger partial charge on any atom is -0.271 e. The largest absolute Gasteiger partial charge is 0.271 e. The molecule has 6 nitrogen and oxygen atoms in total. The van der Waals surface area contributed by atoms with Crippen molar-refractivity contribution in [2.24, 2.45) is 0 Å². The number of hydrogen-bond donors (Lipinski definition) is 0. The lowest BCUT2D eigenvalue weighted by molar-refractivity contribution is 0.0536. The van der Waals surface area contributed by atoms with Crippen molar-refractivity contribution < 1.29 is 18.0 Å². The summed E-state index contributed by atoms with van der Waals surface area (Å²) >= 11 is 0. The minimum absolute atomic E-state index is 0.277. The van der Waals surface area contributed by atoms with Crippen molar-refractivity contribution in [3.8, 4) is 0 Å². The van der Waals surface area contributed by atoms with Crippen molar-refractivity contribution in [1.82, 2.24) is 9.21 Å². The van der Waals surface area contributed by atoms with Crippen LogP contribution in [0, 0.1) is 6.92 Å². The second kappa shape index (κ2) is 6.58. The van der Waals surface area contributed by atoms with Gasteiger partial charge in [0.1, 0.15) is 0 Å². The first-order valence-corrected chi connectivity index (χ1v) is 10.4. The third-order valence-corrected chi connectivity index (χ3v) is 7.38. The molecule has 2 heterocycles. The van der Waals surface area contributed by atoms with Crippen LogP contribution in [-0.2, 0) is 10.0 Å². The number of sulfonamides is 1. The number of hydrogen-bond acceptors (Lipinski definition) is 4. The maximum Gasteiger partial charge on any atom is 0.261 e. The highest BCUT2D eigenvalue weighted by molar-refractivity contribution is 7.89. The molecule has 0 aliphatic carbocycles. The highest BCUT2D eigenvalue weighted by atomic mass is 32.2. The van der Waals surface area contributed by atoms with Gasteiger partial charge in [0.05, 0.1) is 16.0 Å². The molecule has 2 aliphatic heterocycles. The minimum atomic E-state index is -3.58. The molecule has 0 unspecified atom stereocenters. The Morgan fingerprint density at radius 1 is 0.852 bits per heavy atom. The van der Waals surface area contributed by atoms with E-state index in [4.69, 9.17) is 0 Å². The molecule has 0 aromatic heterocycles. The zero-order valence-corrected chi connectivity index (χ0v) is 15.8. The Morgan fingerprint density at radius 2 is 1.37 bits per heavy atom. The first kappa shape index (κ1) is 17.9. The van der Waals surface area contributed by atoms with Crippen LogP contribution in [0.1, 0.15) is 39.1 Å². The summed E-state index contributed by atoms with van der Waals surface area (Å²) in [6, 6.07) is 13.4. The summed E-state index contributed by atoms with van der Waals surface area (Å²) in [5.74, 6) is -0.563. The van der Waals surface area contributed by atoms with E-state index in [0.29, 0.717) is 34.4 Å². The summed E-state index contributed by atoms with van der Waals surface area (Å²) in [4.78, 5) is 26.9. The van der Waals surface area contributed by atoms with Gasteiger partial charge < -0.3 is 0 Å². The third kappa shape index (κ3) is 2.87. The lowest BCUT2D eigenvalue weighted by atomic mass is 10.1. The van der Waals surface area contributed by atoms with Crippen LogP contribution in [0.2, 0.25) is 0 Å². The third-order valence-electron chi connectivity index (χ3n) is 5.33. The molecule has 2 aliphatic rings. The van der Waals surface area contributed by atoms with Gasteiger partial charge in [0, 0.05) is 19.1 Å². The molecular weight excluding hydrogens is 364 g/mol. The van der Waals surface area contributed by atoms with Gasteiger partial charge in [0.15, 0.2) is 0 Å². The summed E-state index contributed by atoms with van der Waals surface area (Å²) in [5, 5.41) is 0. The topological polar surface area (TPSA) is 74.8 Å². The zero-order valence-electron chi connectivity index (χ0n) is 15.0. The van der Waals surface area contributed by atoms with Crippen molar-refractivity contribution in [2.45, 2.75) is 30.7 Å². The second-order valence-electron chi connectivity index (χ2n) is 6.93. The molecule has 0 saturated carbocycles. The fraction of sp³-hybridized carbons (Fsp3) is 0.300. The summed E-state index contributed by atoms with van der Waals surface area (Å²) < 4.78 is 27.3. The maximum atomic E-state index is 12.9. The molecule has 0 spiro atoms. The highest BCUT2D eigenvalue weighted by Crippen LogP contribution is 2.30. The number of carbonyl (C=O) groups excluding carboxylic acids is 2. The van der Waals surface area contributed by atoms with Crippen molar-refractivity contribution in [1.29, 1.82) is 0 Å². The number of piperidine rings is 1. The van der Waals surface area contributed by atoms with E-state index in [1.165, 1.54) is 9.21 Å². The molecule has 0 bridgehead atoms. The molecule has 2 aromatic carbocycles. The summed E-state index contributed by atoms with van der Waals surface area (Å²) in [6.45, 7) is 2.35. The van der Waals surface area contributed by atoms with Crippen LogP contribution in [0.3, 0.4) is 0 Å². The highest BCUT2D eigenvalue weighted by Gasteiger charge is 2.42. The SMILES string of the molecule is Cc1ccccc1S(=O)(=O)N1CCC(N2C(=O)c3ccccc3C2=O)CC1. The van der Waals surface area contributed by atoms with Crippen LogP contribution in [-0.4, -0.2) is 48.6 Å². The number of benzene rings is 2. The van der Waals surface area contributed by atoms with Crippen LogP contribution in [0.25, 0.3) is 0 Å². The predicted molar refractivity (Wildman–Crippen MR) is 99.9 cm³/mol. The maximum absolute atomic E-state index is 12.9. The normalized spacial score (nSPS) is 18.8. The molecule has 2 amide bonds. The Kier molecular flexibility index (Phi) is 4.36. The van der Waals surface area contributed by atoms with Gasteiger partial charge in [0.2, 0.25) is 10.0 Å². The number of nitrogens with zero attached hydrogens (tertiary/aromatic N) is 2. The number of carbonyl (C=O) groups is 2. The van der Waals surface area contributed by atoms with E-state index in [0.717, 1.165) is 0 Å². The quantitative estimate of drug-likeness (QED) is 0.762. The van der Waals surface area contributed by atoms with Gasteiger partial charge in [0.25, 0.3) is 11.8 Å². The van der Waals surface area contributed by atoms with E-state index >= 15 is 0 Å². The van der Waals surface area contributed by atoms with Crippen LogP contribution in [0.4, 0.5) is 0 Å². The van der Waals surface area contributed by atoms with Gasteiger partial charge >= 0.3 is 0 Å². The van der Waals surface area contributed by atoms with Gasteiger partial charge in [-0.05, 0) is 43.5 Å². The standard InChI is InChI=1S/C20H20N2O4S/c1-14-6-2-5-9-18(14)27(25,26)21-12-10-15(11-13-21)22-19(23)16-7-3-4-8-17(16)20(22)24/h2-9,15H,10-13H2,1H3. The fourth-order valence-electron chi connectivity index (χ4n) is 3.87. The van der Waals surface area contributed by atoms with Gasteiger partial charge in [-0.1, -0.05) is 30.3 Å².